The maximum absolute atomic E-state index is 12.4. The predicted molar refractivity (Wildman–Crippen MR) is 78.9 cm³/mol. The van der Waals surface area contributed by atoms with E-state index in [4.69, 9.17) is 23.2 Å². The van der Waals surface area contributed by atoms with E-state index in [-0.39, 0.29) is 10.9 Å². The van der Waals surface area contributed by atoms with Crippen LogP contribution in [0.1, 0.15) is 24.2 Å². The van der Waals surface area contributed by atoms with Gasteiger partial charge in [0.1, 0.15) is 11.0 Å². The Morgan fingerprint density at radius 3 is 2.58 bits per heavy atom. The minimum absolute atomic E-state index is 0.276. The number of carbonyl (C=O) groups excluding carboxylic acids is 1. The van der Waals surface area contributed by atoms with E-state index in [1.54, 1.807) is 12.1 Å². The van der Waals surface area contributed by atoms with Crippen molar-refractivity contribution < 1.29 is 9.00 Å². The molecule has 1 aliphatic rings. The molecule has 0 bridgehead atoms. The van der Waals surface area contributed by atoms with Crippen LogP contribution in [0.4, 0.5) is 0 Å². The standard InChI is InChI=1S/C13H13Cl2NO2S/c1-8-6-16(19(18)7-9(8)2)13(17)11-4-3-10(14)5-12(11)15/h3-5H,6-7H2,1-2H3. The van der Waals surface area contributed by atoms with Crippen LogP contribution in [0, 0.1) is 0 Å². The molecule has 1 aliphatic heterocycles. The van der Waals surface area contributed by atoms with E-state index in [9.17, 15) is 9.00 Å². The molecule has 0 aliphatic carbocycles. The molecular formula is C13H13Cl2NO2S. The molecule has 1 amide bonds. The van der Waals surface area contributed by atoms with Crippen LogP contribution in [0.3, 0.4) is 0 Å². The monoisotopic (exact) mass is 317 g/mol. The molecular weight excluding hydrogens is 305 g/mol. The number of benzene rings is 1. The molecule has 2 rings (SSSR count). The SMILES string of the molecule is CC1=C(C)CS(=O)N(C(=O)c2ccc(Cl)cc2Cl)C1. The third-order valence-corrected chi connectivity index (χ3v) is 5.10. The normalized spacial score (nSPS) is 19.8. The Morgan fingerprint density at radius 2 is 1.95 bits per heavy atom. The fourth-order valence-electron chi connectivity index (χ4n) is 1.77. The zero-order chi connectivity index (χ0) is 14.2. The zero-order valence-corrected chi connectivity index (χ0v) is 12.9. The van der Waals surface area contributed by atoms with Gasteiger partial charge in [-0.05, 0) is 32.0 Å². The highest BCUT2D eigenvalue weighted by Gasteiger charge is 2.27. The number of hydrogen-bond acceptors (Lipinski definition) is 2. The van der Waals surface area contributed by atoms with Gasteiger partial charge in [0.25, 0.3) is 5.91 Å². The van der Waals surface area contributed by atoms with E-state index in [2.05, 4.69) is 0 Å². The molecule has 1 aromatic rings. The minimum atomic E-state index is -1.34. The van der Waals surface area contributed by atoms with E-state index in [0.29, 0.717) is 22.9 Å². The van der Waals surface area contributed by atoms with Crippen LogP contribution in [0.15, 0.2) is 29.3 Å². The van der Waals surface area contributed by atoms with E-state index < -0.39 is 11.0 Å². The number of rotatable bonds is 1. The molecule has 1 heterocycles. The van der Waals surface area contributed by atoms with Gasteiger partial charge in [-0.2, -0.15) is 0 Å². The number of amides is 1. The van der Waals surface area contributed by atoms with Crippen LogP contribution in [0.5, 0.6) is 0 Å². The van der Waals surface area contributed by atoms with E-state index >= 15 is 0 Å². The van der Waals surface area contributed by atoms with Crippen LogP contribution in [0.2, 0.25) is 10.0 Å². The van der Waals surface area contributed by atoms with Gasteiger partial charge < -0.3 is 0 Å². The molecule has 0 N–H and O–H groups in total. The molecule has 0 fully saturated rings. The Bertz CT molecular complexity index is 598. The molecule has 0 saturated heterocycles. The van der Waals surface area contributed by atoms with Crippen molar-refractivity contribution in [2.24, 2.45) is 0 Å². The molecule has 6 heteroatoms. The Labute approximate surface area is 124 Å². The lowest BCUT2D eigenvalue weighted by Gasteiger charge is -2.27. The smallest absolute Gasteiger partial charge is 0.267 e. The number of halogens is 2. The van der Waals surface area contributed by atoms with Gasteiger partial charge in [-0.1, -0.05) is 34.3 Å². The summed E-state index contributed by atoms with van der Waals surface area (Å²) in [5.41, 5.74) is 2.47. The lowest BCUT2D eigenvalue weighted by molar-refractivity contribution is 0.0873. The van der Waals surface area contributed by atoms with Crippen molar-refractivity contribution in [2.75, 3.05) is 12.3 Å². The molecule has 0 aromatic heterocycles. The highest BCUT2D eigenvalue weighted by Crippen LogP contribution is 2.25. The Morgan fingerprint density at radius 1 is 1.26 bits per heavy atom. The third-order valence-electron chi connectivity index (χ3n) is 3.08. The summed E-state index contributed by atoms with van der Waals surface area (Å²) in [4.78, 5) is 12.4. The van der Waals surface area contributed by atoms with Gasteiger partial charge in [-0.3, -0.25) is 9.10 Å². The minimum Gasteiger partial charge on any atom is -0.268 e. The summed E-state index contributed by atoms with van der Waals surface area (Å²) in [5, 5.41) is 0.742. The predicted octanol–water partition coefficient (Wildman–Crippen LogP) is 3.45. The largest absolute Gasteiger partial charge is 0.268 e. The van der Waals surface area contributed by atoms with E-state index in [0.717, 1.165) is 11.1 Å². The van der Waals surface area contributed by atoms with Crippen LogP contribution in [-0.2, 0) is 11.0 Å². The Hall–Kier alpha value is -0.840. The fourth-order valence-corrected chi connectivity index (χ4v) is 3.65. The van der Waals surface area contributed by atoms with Gasteiger partial charge in [0.2, 0.25) is 0 Å². The lowest BCUT2D eigenvalue weighted by Crippen LogP contribution is -2.39. The summed E-state index contributed by atoms with van der Waals surface area (Å²) in [6, 6.07) is 4.67. The van der Waals surface area contributed by atoms with Crippen LogP contribution < -0.4 is 0 Å². The second-order valence-electron chi connectivity index (χ2n) is 4.49. The molecule has 0 saturated carbocycles. The van der Waals surface area contributed by atoms with Crippen molar-refractivity contribution in [1.29, 1.82) is 0 Å². The summed E-state index contributed by atoms with van der Waals surface area (Å²) in [5.74, 6) is 0.0647. The molecule has 3 nitrogen and oxygen atoms in total. The fraction of sp³-hybridized carbons (Fsp3) is 0.308. The molecule has 0 radical (unpaired) electrons. The first kappa shape index (κ1) is 14.6. The average Bonchev–Trinajstić information content (AvgIpc) is 2.33. The number of hydrogen-bond donors (Lipinski definition) is 0. The van der Waals surface area contributed by atoms with Crippen molar-refractivity contribution in [2.45, 2.75) is 13.8 Å². The second-order valence-corrected chi connectivity index (χ2v) is 6.71. The molecule has 0 spiro atoms. The van der Waals surface area contributed by atoms with Crippen LogP contribution in [-0.4, -0.2) is 26.7 Å². The maximum Gasteiger partial charge on any atom is 0.267 e. The van der Waals surface area contributed by atoms with Gasteiger partial charge in [0, 0.05) is 5.02 Å². The molecule has 1 atom stereocenters. The van der Waals surface area contributed by atoms with Crippen LogP contribution >= 0.6 is 23.2 Å². The lowest BCUT2D eigenvalue weighted by atomic mass is 10.1. The molecule has 1 unspecified atom stereocenters. The van der Waals surface area contributed by atoms with Crippen molar-refractivity contribution in [3.8, 4) is 0 Å². The van der Waals surface area contributed by atoms with Gasteiger partial charge in [-0.15, -0.1) is 0 Å². The number of carbonyl (C=O) groups is 1. The molecule has 1 aromatic carbocycles. The second kappa shape index (κ2) is 5.65. The topological polar surface area (TPSA) is 37.4 Å². The zero-order valence-electron chi connectivity index (χ0n) is 10.6. The third kappa shape index (κ3) is 3.02. The highest BCUT2D eigenvalue weighted by molar-refractivity contribution is 7.83. The van der Waals surface area contributed by atoms with Gasteiger partial charge in [0.05, 0.1) is 22.9 Å². The highest BCUT2D eigenvalue weighted by atomic mass is 35.5. The Kier molecular flexibility index (Phi) is 4.33. The Balaban J connectivity index is 2.32. The van der Waals surface area contributed by atoms with Crippen molar-refractivity contribution in [1.82, 2.24) is 4.31 Å². The first-order valence-corrected chi connectivity index (χ1v) is 7.74. The van der Waals surface area contributed by atoms with Gasteiger partial charge in [0.15, 0.2) is 0 Å². The molecule has 19 heavy (non-hydrogen) atoms. The summed E-state index contributed by atoms with van der Waals surface area (Å²) in [6.07, 6.45) is 0. The van der Waals surface area contributed by atoms with Crippen molar-refractivity contribution >= 4 is 40.1 Å². The van der Waals surface area contributed by atoms with Gasteiger partial charge >= 0.3 is 0 Å². The van der Waals surface area contributed by atoms with Crippen molar-refractivity contribution in [3.05, 3.63) is 45.0 Å². The van der Waals surface area contributed by atoms with Crippen LogP contribution in [0.25, 0.3) is 0 Å². The maximum atomic E-state index is 12.4. The van der Waals surface area contributed by atoms with Gasteiger partial charge in [-0.25, -0.2) is 4.21 Å². The summed E-state index contributed by atoms with van der Waals surface area (Å²) >= 11 is 11.8. The van der Waals surface area contributed by atoms with Crippen molar-refractivity contribution in [3.63, 3.8) is 0 Å². The first-order chi connectivity index (χ1) is 8.90. The quantitative estimate of drug-likeness (QED) is 0.744. The van der Waals surface area contributed by atoms with E-state index in [1.165, 1.54) is 10.4 Å². The summed E-state index contributed by atoms with van der Waals surface area (Å²) < 4.78 is 13.4. The first-order valence-electron chi connectivity index (χ1n) is 5.70. The summed E-state index contributed by atoms with van der Waals surface area (Å²) in [6.45, 7) is 4.25. The molecule has 102 valence electrons. The van der Waals surface area contributed by atoms with E-state index in [1.807, 2.05) is 13.8 Å². The summed E-state index contributed by atoms with van der Waals surface area (Å²) in [7, 11) is -1.34. The average molecular weight is 318 g/mol. The number of nitrogens with zero attached hydrogens (tertiary/aromatic N) is 1.